The summed E-state index contributed by atoms with van der Waals surface area (Å²) >= 11 is 0. The van der Waals surface area contributed by atoms with Gasteiger partial charge in [-0.2, -0.15) is 0 Å². The molecule has 4 rings (SSSR count). The van der Waals surface area contributed by atoms with Crippen LogP contribution in [0.3, 0.4) is 0 Å². The first-order valence-corrected chi connectivity index (χ1v) is 9.47. The third kappa shape index (κ3) is 4.33. The lowest BCUT2D eigenvalue weighted by Gasteiger charge is -2.22. The normalized spacial score (nSPS) is 14.9. The standard InChI is InChI=1S/C21H22FN5O2/c1-3-9-23-21-24-10-8-16(25-21)18-17(14-4-6-15(22)7-5-14)26-19(27-18)20-28-11-13(2)12-29-20/h4-8,10,20H,2-3,9,11-12H2,1H3,(H,26,27)(H,23,24,25). The molecule has 29 heavy (non-hydrogen) atoms. The number of nitrogens with zero attached hydrogens (tertiary/aromatic N) is 3. The predicted octanol–water partition coefficient (Wildman–Crippen LogP) is 4.10. The molecule has 150 valence electrons. The first kappa shape index (κ1) is 19.2. The summed E-state index contributed by atoms with van der Waals surface area (Å²) in [5.41, 5.74) is 3.61. The van der Waals surface area contributed by atoms with Crippen LogP contribution >= 0.6 is 0 Å². The van der Waals surface area contributed by atoms with E-state index in [0.29, 0.717) is 42.1 Å². The molecular weight excluding hydrogens is 373 g/mol. The maximum Gasteiger partial charge on any atom is 0.223 e. The summed E-state index contributed by atoms with van der Waals surface area (Å²) in [4.78, 5) is 16.8. The van der Waals surface area contributed by atoms with Gasteiger partial charge in [0.2, 0.25) is 12.2 Å². The Hall–Kier alpha value is -3.10. The minimum Gasteiger partial charge on any atom is -0.354 e. The first-order valence-electron chi connectivity index (χ1n) is 9.47. The van der Waals surface area contributed by atoms with Crippen molar-refractivity contribution in [2.24, 2.45) is 0 Å². The Bertz CT molecular complexity index is 993. The van der Waals surface area contributed by atoms with Gasteiger partial charge in [-0.05, 0) is 42.3 Å². The first-order chi connectivity index (χ1) is 14.1. The van der Waals surface area contributed by atoms with Gasteiger partial charge in [-0.25, -0.2) is 19.3 Å². The van der Waals surface area contributed by atoms with Crippen LogP contribution in [0.5, 0.6) is 0 Å². The lowest BCUT2D eigenvalue weighted by molar-refractivity contribution is -0.165. The van der Waals surface area contributed by atoms with Crippen molar-refractivity contribution in [1.82, 2.24) is 19.9 Å². The van der Waals surface area contributed by atoms with Crippen LogP contribution in [0, 0.1) is 5.82 Å². The monoisotopic (exact) mass is 395 g/mol. The number of imidazole rings is 1. The van der Waals surface area contributed by atoms with E-state index in [2.05, 4.69) is 38.8 Å². The number of hydrogen-bond acceptors (Lipinski definition) is 6. The molecule has 0 aliphatic carbocycles. The molecule has 3 heterocycles. The summed E-state index contributed by atoms with van der Waals surface area (Å²) in [7, 11) is 0. The summed E-state index contributed by atoms with van der Waals surface area (Å²) < 4.78 is 24.8. The number of nitrogens with one attached hydrogen (secondary N) is 2. The topological polar surface area (TPSA) is 85.0 Å². The van der Waals surface area contributed by atoms with Crippen molar-refractivity contribution in [3.8, 4) is 22.6 Å². The highest BCUT2D eigenvalue weighted by molar-refractivity contribution is 5.77. The molecule has 1 aliphatic heterocycles. The molecule has 1 saturated heterocycles. The van der Waals surface area contributed by atoms with Gasteiger partial charge in [0.25, 0.3) is 0 Å². The number of aromatic amines is 1. The second kappa shape index (κ2) is 8.50. The summed E-state index contributed by atoms with van der Waals surface area (Å²) in [6.07, 6.45) is 2.02. The number of aromatic nitrogens is 4. The second-order valence-electron chi connectivity index (χ2n) is 6.75. The molecule has 0 atom stereocenters. The molecule has 1 fully saturated rings. The Morgan fingerprint density at radius 1 is 1.17 bits per heavy atom. The van der Waals surface area contributed by atoms with Crippen molar-refractivity contribution in [2.75, 3.05) is 25.1 Å². The van der Waals surface area contributed by atoms with Gasteiger partial charge < -0.3 is 19.8 Å². The highest BCUT2D eigenvalue weighted by atomic mass is 19.1. The van der Waals surface area contributed by atoms with Crippen LogP contribution in [0.1, 0.15) is 25.5 Å². The Balaban J connectivity index is 1.74. The maximum atomic E-state index is 13.4. The Morgan fingerprint density at radius 2 is 1.93 bits per heavy atom. The van der Waals surface area contributed by atoms with E-state index in [9.17, 15) is 4.39 Å². The van der Waals surface area contributed by atoms with E-state index in [1.807, 2.05) is 0 Å². The van der Waals surface area contributed by atoms with E-state index in [1.165, 1.54) is 12.1 Å². The fourth-order valence-electron chi connectivity index (χ4n) is 2.96. The number of ether oxygens (including phenoxy) is 2. The summed E-state index contributed by atoms with van der Waals surface area (Å²) in [5.74, 6) is 0.747. The second-order valence-corrected chi connectivity index (χ2v) is 6.75. The number of halogens is 1. The Kier molecular flexibility index (Phi) is 5.64. The SMILES string of the molecule is C=C1COC(c2nc(-c3ccc(F)cc3)c(-c3ccnc(NCCC)n3)[nH]2)OC1. The van der Waals surface area contributed by atoms with Crippen LogP contribution in [-0.4, -0.2) is 39.7 Å². The van der Waals surface area contributed by atoms with Crippen molar-refractivity contribution in [1.29, 1.82) is 0 Å². The molecule has 1 aromatic carbocycles. The molecular formula is C21H22FN5O2. The number of benzene rings is 1. The van der Waals surface area contributed by atoms with Gasteiger partial charge >= 0.3 is 0 Å². The molecule has 2 N–H and O–H groups in total. The van der Waals surface area contributed by atoms with E-state index in [1.54, 1.807) is 24.4 Å². The molecule has 0 bridgehead atoms. The van der Waals surface area contributed by atoms with Gasteiger partial charge in [-0.1, -0.05) is 13.5 Å². The van der Waals surface area contributed by atoms with Gasteiger partial charge in [-0.15, -0.1) is 0 Å². The van der Waals surface area contributed by atoms with Crippen molar-refractivity contribution < 1.29 is 13.9 Å². The largest absolute Gasteiger partial charge is 0.354 e. The van der Waals surface area contributed by atoms with Gasteiger partial charge in [0.1, 0.15) is 5.82 Å². The van der Waals surface area contributed by atoms with Gasteiger partial charge in [-0.3, -0.25) is 0 Å². The lowest BCUT2D eigenvalue weighted by atomic mass is 10.1. The molecule has 2 aromatic heterocycles. The zero-order valence-electron chi connectivity index (χ0n) is 16.1. The molecule has 0 radical (unpaired) electrons. The van der Waals surface area contributed by atoms with Crippen LogP contribution < -0.4 is 5.32 Å². The Labute approximate surface area is 168 Å². The summed E-state index contributed by atoms with van der Waals surface area (Å²) in [6, 6.07) is 7.96. The zero-order valence-corrected chi connectivity index (χ0v) is 16.1. The molecule has 8 heteroatoms. The summed E-state index contributed by atoms with van der Waals surface area (Å²) in [6.45, 7) is 7.53. The zero-order chi connectivity index (χ0) is 20.2. The van der Waals surface area contributed by atoms with Crippen LogP contribution in [0.4, 0.5) is 10.3 Å². The maximum absolute atomic E-state index is 13.4. The van der Waals surface area contributed by atoms with E-state index in [4.69, 9.17) is 9.47 Å². The van der Waals surface area contributed by atoms with Crippen molar-refractivity contribution in [2.45, 2.75) is 19.6 Å². The minimum absolute atomic E-state index is 0.309. The smallest absolute Gasteiger partial charge is 0.223 e. The number of anilines is 1. The van der Waals surface area contributed by atoms with E-state index >= 15 is 0 Å². The molecule has 7 nitrogen and oxygen atoms in total. The van der Waals surface area contributed by atoms with Crippen molar-refractivity contribution in [3.63, 3.8) is 0 Å². The van der Waals surface area contributed by atoms with Gasteiger partial charge in [0.15, 0.2) is 5.82 Å². The fourth-order valence-corrected chi connectivity index (χ4v) is 2.96. The molecule has 0 saturated carbocycles. The van der Waals surface area contributed by atoms with Gasteiger partial charge in [0.05, 0.1) is 30.3 Å². The van der Waals surface area contributed by atoms with Crippen LogP contribution in [0.2, 0.25) is 0 Å². The average molecular weight is 395 g/mol. The predicted molar refractivity (Wildman–Crippen MR) is 108 cm³/mol. The number of hydrogen-bond donors (Lipinski definition) is 2. The average Bonchev–Trinajstić information content (AvgIpc) is 3.19. The van der Waals surface area contributed by atoms with E-state index < -0.39 is 6.29 Å². The van der Waals surface area contributed by atoms with Crippen LogP contribution in [0.15, 0.2) is 48.7 Å². The molecule has 1 aliphatic rings. The third-order valence-electron chi connectivity index (χ3n) is 4.39. The van der Waals surface area contributed by atoms with E-state index in [0.717, 1.165) is 24.1 Å². The van der Waals surface area contributed by atoms with Crippen molar-refractivity contribution in [3.05, 3.63) is 60.3 Å². The fraction of sp³-hybridized carbons (Fsp3) is 0.286. The van der Waals surface area contributed by atoms with Crippen LogP contribution in [-0.2, 0) is 9.47 Å². The molecule has 0 unspecified atom stereocenters. The number of rotatable bonds is 6. The third-order valence-corrected chi connectivity index (χ3v) is 4.39. The quantitative estimate of drug-likeness (QED) is 0.612. The minimum atomic E-state index is -0.632. The Morgan fingerprint density at radius 3 is 2.66 bits per heavy atom. The highest BCUT2D eigenvalue weighted by Crippen LogP contribution is 2.33. The molecule has 0 amide bonds. The van der Waals surface area contributed by atoms with Crippen LogP contribution in [0.25, 0.3) is 22.6 Å². The number of H-pyrrole nitrogens is 1. The molecule has 3 aromatic rings. The lowest BCUT2D eigenvalue weighted by Crippen LogP contribution is -2.20. The molecule has 0 spiro atoms. The highest BCUT2D eigenvalue weighted by Gasteiger charge is 2.25. The van der Waals surface area contributed by atoms with E-state index in [-0.39, 0.29) is 5.82 Å². The van der Waals surface area contributed by atoms with Crippen molar-refractivity contribution >= 4 is 5.95 Å². The van der Waals surface area contributed by atoms with Gasteiger partial charge in [0, 0.05) is 18.3 Å². The summed E-state index contributed by atoms with van der Waals surface area (Å²) in [5, 5.41) is 3.18.